The van der Waals surface area contributed by atoms with E-state index < -0.39 is 0 Å². The molecule has 2 heteroatoms. The van der Waals surface area contributed by atoms with Crippen molar-refractivity contribution in [3.63, 3.8) is 0 Å². The minimum atomic E-state index is 0. The molecule has 0 bridgehead atoms. The third kappa shape index (κ3) is 1.47. The van der Waals surface area contributed by atoms with Gasteiger partial charge in [-0.15, -0.1) is 0 Å². The van der Waals surface area contributed by atoms with Crippen LogP contribution in [0.4, 0.5) is 4.70 Å². The average Bonchev–Trinajstić information content (AvgIpc) is 1.83. The molecule has 0 saturated carbocycles. The van der Waals surface area contributed by atoms with Gasteiger partial charge in [0.25, 0.3) is 0 Å². The van der Waals surface area contributed by atoms with Crippen LogP contribution in [0.5, 0.6) is 5.75 Å². The van der Waals surface area contributed by atoms with Crippen molar-refractivity contribution in [2.75, 3.05) is 0 Å². The Morgan fingerprint density at radius 1 is 1.20 bits per heavy atom. The first kappa shape index (κ1) is 8.95. The van der Waals surface area contributed by atoms with Crippen molar-refractivity contribution in [2.24, 2.45) is 0 Å². The molecule has 0 aliphatic carbocycles. The average molecular weight is 142 g/mol. The Morgan fingerprint density at radius 2 is 1.80 bits per heavy atom. The largest absolute Gasteiger partial charge is 0.508 e. The SMILES string of the molecule is Cc1cccc(O)c1C.F. The fourth-order valence-corrected chi connectivity index (χ4v) is 0.736. The van der Waals surface area contributed by atoms with Crippen LogP contribution in [0.15, 0.2) is 18.2 Å². The molecule has 0 spiro atoms. The van der Waals surface area contributed by atoms with Gasteiger partial charge in [0.15, 0.2) is 0 Å². The van der Waals surface area contributed by atoms with Crippen LogP contribution in [0, 0.1) is 13.8 Å². The maximum Gasteiger partial charge on any atom is 0.118 e. The maximum atomic E-state index is 9.10. The Kier molecular flexibility index (Phi) is 2.87. The van der Waals surface area contributed by atoms with Crippen LogP contribution in [0.25, 0.3) is 0 Å². The highest BCUT2D eigenvalue weighted by atomic mass is 19.0. The first-order valence-electron chi connectivity index (χ1n) is 2.97. The molecule has 56 valence electrons. The molecule has 0 heterocycles. The molecule has 1 N–H and O–H groups in total. The molecule has 10 heavy (non-hydrogen) atoms. The third-order valence-corrected chi connectivity index (χ3v) is 1.58. The molecule has 0 amide bonds. The van der Waals surface area contributed by atoms with Crippen LogP contribution in [0.3, 0.4) is 0 Å². The van der Waals surface area contributed by atoms with Crippen LogP contribution in [0.2, 0.25) is 0 Å². The van der Waals surface area contributed by atoms with Crippen LogP contribution in [-0.4, -0.2) is 5.11 Å². The summed E-state index contributed by atoms with van der Waals surface area (Å²) in [5.74, 6) is 0.384. The highest BCUT2D eigenvalue weighted by molar-refractivity contribution is 5.36. The zero-order valence-electron chi connectivity index (χ0n) is 6.09. The molecule has 0 unspecified atom stereocenters. The van der Waals surface area contributed by atoms with Crippen molar-refractivity contribution < 1.29 is 9.81 Å². The molecule has 0 aromatic heterocycles. The second-order valence-corrected chi connectivity index (χ2v) is 2.22. The van der Waals surface area contributed by atoms with Crippen LogP contribution >= 0.6 is 0 Å². The molecule has 0 aliphatic rings. The van der Waals surface area contributed by atoms with Crippen molar-refractivity contribution in [1.29, 1.82) is 0 Å². The highest BCUT2D eigenvalue weighted by Crippen LogP contribution is 2.17. The fourth-order valence-electron chi connectivity index (χ4n) is 0.736. The Labute approximate surface area is 59.7 Å². The second-order valence-electron chi connectivity index (χ2n) is 2.22. The summed E-state index contributed by atoms with van der Waals surface area (Å²) in [4.78, 5) is 0. The van der Waals surface area contributed by atoms with E-state index in [-0.39, 0.29) is 4.70 Å². The van der Waals surface area contributed by atoms with E-state index in [9.17, 15) is 0 Å². The summed E-state index contributed by atoms with van der Waals surface area (Å²) in [6.07, 6.45) is 0. The number of phenolic OH excluding ortho intramolecular Hbond substituents is 1. The van der Waals surface area contributed by atoms with Gasteiger partial charge in [0.05, 0.1) is 0 Å². The molecular formula is C8H11FO. The van der Waals surface area contributed by atoms with E-state index in [1.807, 2.05) is 26.0 Å². The minimum absolute atomic E-state index is 0. The van der Waals surface area contributed by atoms with E-state index in [1.54, 1.807) is 6.07 Å². The van der Waals surface area contributed by atoms with E-state index >= 15 is 0 Å². The van der Waals surface area contributed by atoms with Gasteiger partial charge in [-0.1, -0.05) is 12.1 Å². The van der Waals surface area contributed by atoms with Gasteiger partial charge in [-0.05, 0) is 31.0 Å². The summed E-state index contributed by atoms with van der Waals surface area (Å²) < 4.78 is 0. The van der Waals surface area contributed by atoms with E-state index in [4.69, 9.17) is 5.11 Å². The van der Waals surface area contributed by atoms with Gasteiger partial charge in [-0.3, -0.25) is 4.70 Å². The van der Waals surface area contributed by atoms with Gasteiger partial charge in [0.1, 0.15) is 5.75 Å². The molecular weight excluding hydrogens is 131 g/mol. The number of hydrogen-bond acceptors (Lipinski definition) is 1. The molecule has 0 radical (unpaired) electrons. The van der Waals surface area contributed by atoms with Gasteiger partial charge in [-0.2, -0.15) is 0 Å². The standard InChI is InChI=1S/C8H10O.FH/c1-6-4-3-5-8(9)7(6)2;/h3-5,9H,1-2H3;1H. The molecule has 0 aliphatic heterocycles. The van der Waals surface area contributed by atoms with Gasteiger partial charge in [0.2, 0.25) is 0 Å². The molecule has 1 rings (SSSR count). The zero-order chi connectivity index (χ0) is 6.85. The van der Waals surface area contributed by atoms with Gasteiger partial charge < -0.3 is 5.11 Å². The van der Waals surface area contributed by atoms with Gasteiger partial charge in [0, 0.05) is 0 Å². The highest BCUT2D eigenvalue weighted by Gasteiger charge is 1.94. The molecule has 1 nitrogen and oxygen atoms in total. The number of halogens is 1. The lowest BCUT2D eigenvalue weighted by Gasteiger charge is -1.99. The van der Waals surface area contributed by atoms with Crippen molar-refractivity contribution in [2.45, 2.75) is 13.8 Å². The minimum Gasteiger partial charge on any atom is -0.508 e. The van der Waals surface area contributed by atoms with Crippen molar-refractivity contribution in [1.82, 2.24) is 0 Å². The predicted molar refractivity (Wildman–Crippen MR) is 40.1 cm³/mol. The molecule has 1 aromatic carbocycles. The number of hydrogen-bond donors (Lipinski definition) is 1. The normalized spacial score (nSPS) is 8.60. The quantitative estimate of drug-likeness (QED) is 0.588. The first-order valence-corrected chi connectivity index (χ1v) is 2.97. The summed E-state index contributed by atoms with van der Waals surface area (Å²) in [6, 6.07) is 5.52. The third-order valence-electron chi connectivity index (χ3n) is 1.58. The smallest absolute Gasteiger partial charge is 0.118 e. The van der Waals surface area contributed by atoms with Crippen molar-refractivity contribution in [3.8, 4) is 5.75 Å². The summed E-state index contributed by atoms with van der Waals surface area (Å²) >= 11 is 0. The number of aryl methyl sites for hydroxylation is 1. The number of benzene rings is 1. The Morgan fingerprint density at radius 3 is 2.20 bits per heavy atom. The van der Waals surface area contributed by atoms with E-state index in [1.165, 1.54) is 0 Å². The topological polar surface area (TPSA) is 20.2 Å². The summed E-state index contributed by atoms with van der Waals surface area (Å²) in [5.41, 5.74) is 2.10. The van der Waals surface area contributed by atoms with E-state index in [0.29, 0.717) is 5.75 Å². The van der Waals surface area contributed by atoms with Crippen LogP contribution in [-0.2, 0) is 0 Å². The van der Waals surface area contributed by atoms with Crippen molar-refractivity contribution >= 4 is 0 Å². The maximum absolute atomic E-state index is 9.10. The monoisotopic (exact) mass is 142 g/mol. The van der Waals surface area contributed by atoms with Crippen molar-refractivity contribution in [3.05, 3.63) is 29.3 Å². The molecule has 1 aromatic rings. The second kappa shape index (κ2) is 3.20. The number of phenols is 1. The number of rotatable bonds is 0. The van der Waals surface area contributed by atoms with E-state index in [0.717, 1.165) is 11.1 Å². The summed E-state index contributed by atoms with van der Waals surface area (Å²) in [5, 5.41) is 9.10. The van der Waals surface area contributed by atoms with Crippen LogP contribution in [0.1, 0.15) is 11.1 Å². The number of aromatic hydroxyl groups is 1. The predicted octanol–water partition coefficient (Wildman–Crippen LogP) is 2.16. The first-order chi connectivity index (χ1) is 4.22. The lowest BCUT2D eigenvalue weighted by atomic mass is 10.1. The summed E-state index contributed by atoms with van der Waals surface area (Å²) in [7, 11) is 0. The van der Waals surface area contributed by atoms with E-state index in [2.05, 4.69) is 0 Å². The molecule has 0 atom stereocenters. The lowest BCUT2D eigenvalue weighted by Crippen LogP contribution is -1.78. The zero-order valence-corrected chi connectivity index (χ0v) is 6.09. The van der Waals surface area contributed by atoms with Crippen LogP contribution < -0.4 is 0 Å². The Hall–Kier alpha value is -1.05. The van der Waals surface area contributed by atoms with Gasteiger partial charge in [-0.25, -0.2) is 0 Å². The molecule has 0 fully saturated rings. The molecule has 0 saturated heterocycles. The summed E-state index contributed by atoms with van der Waals surface area (Å²) in [6.45, 7) is 3.89. The fraction of sp³-hybridized carbons (Fsp3) is 0.250. The lowest BCUT2D eigenvalue weighted by molar-refractivity contribution is 0.470. The Balaban J connectivity index is 0.000000810. The van der Waals surface area contributed by atoms with Gasteiger partial charge >= 0.3 is 0 Å². The Bertz CT molecular complexity index is 200.